The average molecular weight is 184 g/mol. The molecule has 0 spiro atoms. The SMILES string of the molecule is CCC(=NNC)C(CC)[C@H](C)CC. The van der Waals surface area contributed by atoms with Crippen LogP contribution in [-0.2, 0) is 0 Å². The molecule has 0 fully saturated rings. The van der Waals surface area contributed by atoms with Gasteiger partial charge >= 0.3 is 0 Å². The Labute approximate surface area is 82.8 Å². The van der Waals surface area contributed by atoms with Gasteiger partial charge in [-0.2, -0.15) is 5.10 Å². The minimum absolute atomic E-state index is 0.655. The van der Waals surface area contributed by atoms with Crippen LogP contribution in [0, 0.1) is 11.8 Å². The Morgan fingerprint density at radius 2 is 1.85 bits per heavy atom. The van der Waals surface area contributed by atoms with E-state index in [0.717, 1.165) is 12.3 Å². The molecule has 0 aliphatic heterocycles. The van der Waals surface area contributed by atoms with Crippen molar-refractivity contribution in [3.8, 4) is 0 Å². The summed E-state index contributed by atoms with van der Waals surface area (Å²) in [5.41, 5.74) is 4.22. The Bertz CT molecular complexity index is 152. The molecule has 0 aromatic rings. The third kappa shape index (κ3) is 3.79. The predicted octanol–water partition coefficient (Wildman–Crippen LogP) is 3.04. The first-order valence-electron chi connectivity index (χ1n) is 5.44. The van der Waals surface area contributed by atoms with E-state index in [2.05, 4.69) is 38.2 Å². The standard InChI is InChI=1S/C11H24N2/c1-6-9(4)10(7-2)11(8-3)13-12-5/h9-10,12H,6-8H2,1-5H3/t9-,10?/m1/s1. The lowest BCUT2D eigenvalue weighted by Gasteiger charge is -2.22. The van der Waals surface area contributed by atoms with Gasteiger partial charge in [-0.25, -0.2) is 0 Å². The van der Waals surface area contributed by atoms with E-state index in [9.17, 15) is 0 Å². The average Bonchev–Trinajstić information content (AvgIpc) is 2.17. The van der Waals surface area contributed by atoms with Gasteiger partial charge in [-0.05, 0) is 18.8 Å². The van der Waals surface area contributed by atoms with Crippen molar-refractivity contribution in [1.29, 1.82) is 0 Å². The zero-order valence-corrected chi connectivity index (χ0v) is 9.72. The summed E-state index contributed by atoms with van der Waals surface area (Å²) < 4.78 is 0. The molecule has 0 rings (SSSR count). The van der Waals surface area contributed by atoms with E-state index in [0.29, 0.717) is 5.92 Å². The number of nitrogens with one attached hydrogen (secondary N) is 1. The van der Waals surface area contributed by atoms with E-state index in [4.69, 9.17) is 0 Å². The smallest absolute Gasteiger partial charge is 0.0408 e. The molecule has 13 heavy (non-hydrogen) atoms. The number of nitrogens with zero attached hydrogens (tertiary/aromatic N) is 1. The molecular formula is C11H24N2. The molecule has 0 aromatic heterocycles. The second-order valence-corrected chi connectivity index (χ2v) is 3.58. The predicted molar refractivity (Wildman–Crippen MR) is 60.0 cm³/mol. The maximum atomic E-state index is 4.35. The number of hydrogen-bond acceptors (Lipinski definition) is 2. The topological polar surface area (TPSA) is 24.4 Å². The largest absolute Gasteiger partial charge is 0.313 e. The molecule has 78 valence electrons. The Morgan fingerprint density at radius 3 is 2.15 bits per heavy atom. The molecule has 2 heteroatoms. The third-order valence-electron chi connectivity index (χ3n) is 2.82. The molecular weight excluding hydrogens is 160 g/mol. The van der Waals surface area contributed by atoms with Crippen LogP contribution >= 0.6 is 0 Å². The molecule has 0 saturated heterocycles. The first-order valence-corrected chi connectivity index (χ1v) is 5.44. The van der Waals surface area contributed by atoms with Crippen molar-refractivity contribution in [1.82, 2.24) is 5.43 Å². The maximum absolute atomic E-state index is 4.35. The first kappa shape index (κ1) is 12.5. The van der Waals surface area contributed by atoms with Gasteiger partial charge < -0.3 is 5.43 Å². The fraction of sp³-hybridized carbons (Fsp3) is 0.909. The van der Waals surface area contributed by atoms with Crippen LogP contribution in [0.2, 0.25) is 0 Å². The third-order valence-corrected chi connectivity index (χ3v) is 2.82. The van der Waals surface area contributed by atoms with Crippen molar-refractivity contribution in [3.63, 3.8) is 0 Å². The summed E-state index contributed by atoms with van der Waals surface area (Å²) in [6, 6.07) is 0. The van der Waals surface area contributed by atoms with Crippen LogP contribution < -0.4 is 5.43 Å². The van der Waals surface area contributed by atoms with E-state index in [1.807, 2.05) is 7.05 Å². The van der Waals surface area contributed by atoms with Crippen molar-refractivity contribution in [2.45, 2.75) is 47.0 Å². The Morgan fingerprint density at radius 1 is 1.23 bits per heavy atom. The molecule has 0 aliphatic rings. The van der Waals surface area contributed by atoms with Crippen LogP contribution in [0.3, 0.4) is 0 Å². The zero-order chi connectivity index (χ0) is 10.3. The maximum Gasteiger partial charge on any atom is 0.0408 e. The van der Waals surface area contributed by atoms with Crippen LogP contribution in [0.1, 0.15) is 47.0 Å². The van der Waals surface area contributed by atoms with E-state index >= 15 is 0 Å². The lowest BCUT2D eigenvalue weighted by Crippen LogP contribution is -2.22. The normalized spacial score (nSPS) is 16.8. The Balaban J connectivity index is 4.42. The van der Waals surface area contributed by atoms with E-state index in [1.54, 1.807) is 0 Å². The lowest BCUT2D eigenvalue weighted by atomic mass is 9.84. The van der Waals surface area contributed by atoms with Gasteiger partial charge in [-0.15, -0.1) is 0 Å². The molecule has 0 amide bonds. The van der Waals surface area contributed by atoms with E-state index in [1.165, 1.54) is 18.6 Å². The summed E-state index contributed by atoms with van der Waals surface area (Å²) in [5.74, 6) is 1.40. The van der Waals surface area contributed by atoms with Gasteiger partial charge in [0.15, 0.2) is 0 Å². The molecule has 0 saturated carbocycles. The van der Waals surface area contributed by atoms with E-state index in [-0.39, 0.29) is 0 Å². The highest BCUT2D eigenvalue weighted by Crippen LogP contribution is 2.21. The minimum Gasteiger partial charge on any atom is -0.313 e. The molecule has 1 N–H and O–H groups in total. The highest BCUT2D eigenvalue weighted by Gasteiger charge is 2.18. The minimum atomic E-state index is 0.655. The molecule has 1 unspecified atom stereocenters. The van der Waals surface area contributed by atoms with Gasteiger partial charge in [0.2, 0.25) is 0 Å². The van der Waals surface area contributed by atoms with Crippen molar-refractivity contribution in [3.05, 3.63) is 0 Å². The summed E-state index contributed by atoms with van der Waals surface area (Å²) in [4.78, 5) is 0. The molecule has 2 nitrogen and oxygen atoms in total. The number of rotatable bonds is 6. The summed E-state index contributed by atoms with van der Waals surface area (Å²) in [5, 5.41) is 4.35. The molecule has 0 radical (unpaired) electrons. The Hall–Kier alpha value is -0.530. The molecule has 0 heterocycles. The van der Waals surface area contributed by atoms with Crippen molar-refractivity contribution >= 4 is 5.71 Å². The summed E-state index contributed by atoms with van der Waals surface area (Å²) in [6.45, 7) is 8.99. The number of hydrazone groups is 1. The summed E-state index contributed by atoms with van der Waals surface area (Å²) >= 11 is 0. The molecule has 0 aromatic carbocycles. The molecule has 0 aliphatic carbocycles. The number of hydrogen-bond donors (Lipinski definition) is 1. The second-order valence-electron chi connectivity index (χ2n) is 3.58. The highest BCUT2D eigenvalue weighted by atomic mass is 15.3. The van der Waals surface area contributed by atoms with Crippen LogP contribution in [0.4, 0.5) is 0 Å². The summed E-state index contributed by atoms with van der Waals surface area (Å²) in [7, 11) is 1.87. The van der Waals surface area contributed by atoms with Crippen molar-refractivity contribution in [2.75, 3.05) is 7.05 Å². The van der Waals surface area contributed by atoms with E-state index < -0.39 is 0 Å². The van der Waals surface area contributed by atoms with Crippen LogP contribution in [0.5, 0.6) is 0 Å². The van der Waals surface area contributed by atoms with Crippen LogP contribution in [-0.4, -0.2) is 12.8 Å². The zero-order valence-electron chi connectivity index (χ0n) is 9.72. The quantitative estimate of drug-likeness (QED) is 0.498. The van der Waals surface area contributed by atoms with Crippen LogP contribution in [0.15, 0.2) is 5.10 Å². The van der Waals surface area contributed by atoms with Gasteiger partial charge in [0.05, 0.1) is 0 Å². The van der Waals surface area contributed by atoms with Gasteiger partial charge in [0, 0.05) is 18.7 Å². The monoisotopic (exact) mass is 184 g/mol. The first-order chi connectivity index (χ1) is 6.21. The van der Waals surface area contributed by atoms with Crippen molar-refractivity contribution < 1.29 is 0 Å². The van der Waals surface area contributed by atoms with Gasteiger partial charge in [-0.3, -0.25) is 0 Å². The molecule has 2 atom stereocenters. The lowest BCUT2D eigenvalue weighted by molar-refractivity contribution is 0.423. The Kier molecular flexibility index (Phi) is 6.65. The molecule has 0 bridgehead atoms. The fourth-order valence-electron chi connectivity index (χ4n) is 1.82. The fourth-order valence-corrected chi connectivity index (χ4v) is 1.82. The van der Waals surface area contributed by atoms with Crippen LogP contribution in [0.25, 0.3) is 0 Å². The second kappa shape index (κ2) is 6.93. The van der Waals surface area contributed by atoms with Gasteiger partial charge in [-0.1, -0.05) is 34.1 Å². The van der Waals surface area contributed by atoms with Gasteiger partial charge in [0.1, 0.15) is 0 Å². The highest BCUT2D eigenvalue weighted by molar-refractivity contribution is 5.86. The van der Waals surface area contributed by atoms with Gasteiger partial charge in [0.25, 0.3) is 0 Å². The van der Waals surface area contributed by atoms with Crippen molar-refractivity contribution in [2.24, 2.45) is 16.9 Å². The summed E-state index contributed by atoms with van der Waals surface area (Å²) in [6.07, 6.45) is 3.49.